The van der Waals surface area contributed by atoms with Gasteiger partial charge in [0.1, 0.15) is 17.0 Å². The zero-order valence-electron chi connectivity index (χ0n) is 14.6. The van der Waals surface area contributed by atoms with Gasteiger partial charge in [0.25, 0.3) is 5.91 Å². The third-order valence-corrected chi connectivity index (χ3v) is 4.65. The third kappa shape index (κ3) is 3.08. The molecule has 0 spiro atoms. The monoisotopic (exact) mass is 348 g/mol. The molecule has 1 aliphatic rings. The van der Waals surface area contributed by atoms with Crippen LogP contribution in [-0.4, -0.2) is 31.2 Å². The van der Waals surface area contributed by atoms with Crippen molar-refractivity contribution in [2.45, 2.75) is 12.8 Å². The number of carbonyl (C=O) groups is 1. The van der Waals surface area contributed by atoms with Crippen molar-refractivity contribution in [3.8, 4) is 11.5 Å². The van der Waals surface area contributed by atoms with E-state index in [1.54, 1.807) is 18.2 Å². The molecule has 2 aromatic carbocycles. The molecule has 2 heterocycles. The van der Waals surface area contributed by atoms with Crippen LogP contribution in [0.4, 0.5) is 5.69 Å². The fourth-order valence-electron chi connectivity index (χ4n) is 3.37. The number of aromatic nitrogens is 1. The molecule has 0 unspecified atom stereocenters. The molecule has 5 heteroatoms. The summed E-state index contributed by atoms with van der Waals surface area (Å²) >= 11 is 0. The lowest BCUT2D eigenvalue weighted by atomic mass is 10.0. The second kappa shape index (κ2) is 7.04. The average molecular weight is 348 g/mol. The highest BCUT2D eigenvalue weighted by Crippen LogP contribution is 2.31. The van der Waals surface area contributed by atoms with Crippen LogP contribution in [0.2, 0.25) is 0 Å². The summed E-state index contributed by atoms with van der Waals surface area (Å²) in [6.07, 6.45) is 3.61. The first-order valence-corrected chi connectivity index (χ1v) is 8.70. The number of fused-ring (bicyclic) bond motifs is 2. The highest BCUT2D eigenvalue weighted by Gasteiger charge is 2.23. The first-order chi connectivity index (χ1) is 12.8. The van der Waals surface area contributed by atoms with Crippen molar-refractivity contribution in [3.63, 3.8) is 0 Å². The van der Waals surface area contributed by atoms with Gasteiger partial charge in [-0.3, -0.25) is 9.78 Å². The molecule has 0 aliphatic carbocycles. The Labute approximate surface area is 152 Å². The molecule has 132 valence electrons. The fraction of sp³-hybridized carbons (Fsp3) is 0.238. The molecule has 0 bridgehead atoms. The first kappa shape index (κ1) is 16.4. The Kier molecular flexibility index (Phi) is 4.44. The van der Waals surface area contributed by atoms with Crippen molar-refractivity contribution in [3.05, 3.63) is 60.3 Å². The van der Waals surface area contributed by atoms with Gasteiger partial charge in [-0.15, -0.1) is 0 Å². The molecule has 4 rings (SSSR count). The van der Waals surface area contributed by atoms with Crippen LogP contribution in [-0.2, 0) is 11.2 Å². The smallest absolute Gasteiger partial charge is 0.264 e. The van der Waals surface area contributed by atoms with Crippen LogP contribution in [0.15, 0.2) is 54.7 Å². The molecular formula is C21H20N2O3. The molecule has 26 heavy (non-hydrogen) atoms. The largest absolute Gasteiger partial charge is 0.497 e. The minimum Gasteiger partial charge on any atom is -0.497 e. The van der Waals surface area contributed by atoms with Gasteiger partial charge in [-0.05, 0) is 48.7 Å². The zero-order chi connectivity index (χ0) is 17.9. The number of ether oxygens (including phenoxy) is 2. The molecule has 3 aromatic rings. The van der Waals surface area contributed by atoms with Gasteiger partial charge in [-0.1, -0.05) is 18.2 Å². The molecular weight excluding hydrogens is 328 g/mol. The van der Waals surface area contributed by atoms with Crippen molar-refractivity contribution in [2.75, 3.05) is 25.2 Å². The summed E-state index contributed by atoms with van der Waals surface area (Å²) in [6.45, 7) is 0.691. The van der Waals surface area contributed by atoms with E-state index in [9.17, 15) is 4.79 Å². The number of hydrogen-bond donors (Lipinski definition) is 0. The summed E-state index contributed by atoms with van der Waals surface area (Å²) in [5.41, 5.74) is 2.85. The highest BCUT2D eigenvalue weighted by molar-refractivity contribution is 5.96. The normalized spacial score (nSPS) is 13.3. The predicted octanol–water partition coefficient (Wildman–Crippen LogP) is 3.60. The average Bonchev–Trinajstić information content (AvgIpc) is 2.71. The Morgan fingerprint density at radius 3 is 2.96 bits per heavy atom. The van der Waals surface area contributed by atoms with E-state index in [1.807, 2.05) is 48.5 Å². The maximum atomic E-state index is 12.8. The van der Waals surface area contributed by atoms with E-state index < -0.39 is 0 Å². The number of nitrogens with zero attached hydrogens (tertiary/aromatic N) is 2. The quantitative estimate of drug-likeness (QED) is 0.723. The maximum Gasteiger partial charge on any atom is 0.264 e. The van der Waals surface area contributed by atoms with Crippen LogP contribution < -0.4 is 14.4 Å². The number of methoxy groups -OCH3 is 1. The number of benzene rings is 2. The van der Waals surface area contributed by atoms with Crippen LogP contribution in [0.25, 0.3) is 10.9 Å². The van der Waals surface area contributed by atoms with Gasteiger partial charge in [-0.2, -0.15) is 0 Å². The molecule has 0 radical (unpaired) electrons. The first-order valence-electron chi connectivity index (χ1n) is 8.70. The van der Waals surface area contributed by atoms with Gasteiger partial charge in [0.2, 0.25) is 0 Å². The molecule has 1 aliphatic heterocycles. The Morgan fingerprint density at radius 1 is 1.19 bits per heavy atom. The van der Waals surface area contributed by atoms with E-state index in [1.165, 1.54) is 0 Å². The fourth-order valence-corrected chi connectivity index (χ4v) is 3.37. The van der Waals surface area contributed by atoms with Gasteiger partial charge < -0.3 is 14.4 Å². The lowest BCUT2D eigenvalue weighted by Gasteiger charge is -2.29. The Morgan fingerprint density at radius 2 is 2.08 bits per heavy atom. The molecule has 1 amide bonds. The topological polar surface area (TPSA) is 51.7 Å². The van der Waals surface area contributed by atoms with Crippen molar-refractivity contribution in [2.24, 2.45) is 0 Å². The number of pyridine rings is 1. The second-order valence-corrected chi connectivity index (χ2v) is 6.26. The molecule has 5 nitrogen and oxygen atoms in total. The summed E-state index contributed by atoms with van der Waals surface area (Å²) in [4.78, 5) is 18.9. The summed E-state index contributed by atoms with van der Waals surface area (Å²) < 4.78 is 11.1. The van der Waals surface area contributed by atoms with Crippen LogP contribution in [0.1, 0.15) is 12.0 Å². The summed E-state index contributed by atoms with van der Waals surface area (Å²) in [5.74, 6) is 1.39. The molecule has 0 saturated carbocycles. The molecule has 1 aromatic heterocycles. The number of rotatable bonds is 4. The van der Waals surface area contributed by atoms with Gasteiger partial charge in [0.05, 0.1) is 7.11 Å². The SMILES string of the molecule is COc1ccc2c(c1)CCCN2C(=O)COc1cccc2cccnc12. The van der Waals surface area contributed by atoms with Gasteiger partial charge in [0.15, 0.2) is 6.61 Å². The summed E-state index contributed by atoms with van der Waals surface area (Å²) in [5, 5.41) is 0.993. The van der Waals surface area contributed by atoms with Crippen LogP contribution in [0.5, 0.6) is 11.5 Å². The van der Waals surface area contributed by atoms with Gasteiger partial charge in [0, 0.05) is 23.8 Å². The maximum absolute atomic E-state index is 12.8. The number of amides is 1. The third-order valence-electron chi connectivity index (χ3n) is 4.65. The molecule has 0 fully saturated rings. The van der Waals surface area contributed by atoms with Crippen LogP contribution >= 0.6 is 0 Å². The van der Waals surface area contributed by atoms with Gasteiger partial charge in [-0.25, -0.2) is 0 Å². The summed E-state index contributed by atoms with van der Waals surface area (Å²) in [6, 6.07) is 15.4. The Hall–Kier alpha value is -3.08. The number of anilines is 1. The van der Waals surface area contributed by atoms with E-state index in [-0.39, 0.29) is 12.5 Å². The van der Waals surface area contributed by atoms with Crippen molar-refractivity contribution in [1.29, 1.82) is 0 Å². The minimum atomic E-state index is -0.0518. The van der Waals surface area contributed by atoms with E-state index in [0.717, 1.165) is 40.7 Å². The van der Waals surface area contributed by atoms with Crippen LogP contribution in [0, 0.1) is 0 Å². The van der Waals surface area contributed by atoms with Crippen molar-refractivity contribution < 1.29 is 14.3 Å². The molecule has 0 atom stereocenters. The minimum absolute atomic E-state index is 0.0127. The summed E-state index contributed by atoms with van der Waals surface area (Å²) in [7, 11) is 1.65. The standard InChI is InChI=1S/C21H20N2O3/c1-25-17-9-10-18-16(13-17)7-4-12-23(18)20(24)14-26-19-8-2-5-15-6-3-11-22-21(15)19/h2-3,5-6,8-11,13H,4,7,12,14H2,1H3. The van der Waals surface area contributed by atoms with E-state index in [0.29, 0.717) is 12.3 Å². The predicted molar refractivity (Wildman–Crippen MR) is 101 cm³/mol. The van der Waals surface area contributed by atoms with Crippen LogP contribution in [0.3, 0.4) is 0 Å². The van der Waals surface area contributed by atoms with Gasteiger partial charge >= 0.3 is 0 Å². The lowest BCUT2D eigenvalue weighted by Crippen LogP contribution is -2.38. The van der Waals surface area contributed by atoms with E-state index in [4.69, 9.17) is 9.47 Å². The molecule has 0 N–H and O–H groups in total. The number of carbonyl (C=O) groups excluding carboxylic acids is 1. The zero-order valence-corrected chi connectivity index (χ0v) is 14.6. The highest BCUT2D eigenvalue weighted by atomic mass is 16.5. The second-order valence-electron chi connectivity index (χ2n) is 6.26. The number of hydrogen-bond acceptors (Lipinski definition) is 4. The van der Waals surface area contributed by atoms with E-state index in [2.05, 4.69) is 4.98 Å². The Bertz CT molecular complexity index is 950. The van der Waals surface area contributed by atoms with E-state index >= 15 is 0 Å². The van der Waals surface area contributed by atoms with Crippen molar-refractivity contribution in [1.82, 2.24) is 4.98 Å². The molecule has 0 saturated heterocycles. The Balaban J connectivity index is 1.53. The van der Waals surface area contributed by atoms with Crippen molar-refractivity contribution >= 4 is 22.5 Å². The lowest BCUT2D eigenvalue weighted by molar-refractivity contribution is -0.120. The number of para-hydroxylation sites is 1. The number of aryl methyl sites for hydroxylation is 1.